The molecule has 0 fully saturated rings. The highest BCUT2D eigenvalue weighted by Gasteiger charge is 2.22. The summed E-state index contributed by atoms with van der Waals surface area (Å²) in [6.07, 6.45) is 1.17. The molecule has 1 amide bonds. The number of hydrogen-bond acceptors (Lipinski definition) is 3. The average Bonchev–Trinajstić information content (AvgIpc) is 2.44. The van der Waals surface area contributed by atoms with E-state index in [1.165, 1.54) is 0 Å². The van der Waals surface area contributed by atoms with Gasteiger partial charge in [-0.25, -0.2) is 0 Å². The molecule has 0 unspecified atom stereocenters. The molecule has 0 aliphatic heterocycles. The van der Waals surface area contributed by atoms with E-state index in [-0.39, 0.29) is 19.1 Å². The van der Waals surface area contributed by atoms with E-state index >= 15 is 0 Å². The van der Waals surface area contributed by atoms with Crippen molar-refractivity contribution >= 4 is 33.4 Å². The summed E-state index contributed by atoms with van der Waals surface area (Å²) in [5, 5.41) is 13.2. The lowest BCUT2D eigenvalue weighted by Crippen LogP contribution is -2.43. The van der Waals surface area contributed by atoms with E-state index in [1.54, 1.807) is 18.2 Å². The summed E-state index contributed by atoms with van der Waals surface area (Å²) in [6.45, 7) is 3.85. The summed E-state index contributed by atoms with van der Waals surface area (Å²) in [5.74, 6) is 0.163. The summed E-state index contributed by atoms with van der Waals surface area (Å²) < 4.78 is 6.18. The van der Waals surface area contributed by atoms with Gasteiger partial charge in [-0.05, 0) is 31.0 Å². The van der Waals surface area contributed by atoms with Crippen molar-refractivity contribution in [2.75, 3.05) is 13.2 Å². The van der Waals surface area contributed by atoms with Gasteiger partial charge in [0.1, 0.15) is 5.75 Å². The number of nitrogens with one attached hydrogen (secondary N) is 1. The number of rotatable bonds is 7. The lowest BCUT2D eigenvalue weighted by Gasteiger charge is -2.25. The maximum atomic E-state index is 11.7. The molecule has 6 heteroatoms. The third-order valence-electron chi connectivity index (χ3n) is 3.18. The van der Waals surface area contributed by atoms with Crippen LogP contribution >= 0.6 is 27.5 Å². The molecule has 0 aliphatic carbocycles. The number of carbonyl (C=O) groups excluding carboxylic acids is 1. The van der Waals surface area contributed by atoms with Crippen molar-refractivity contribution < 1.29 is 14.6 Å². The quantitative estimate of drug-likeness (QED) is 0.781. The van der Waals surface area contributed by atoms with E-state index in [9.17, 15) is 9.90 Å². The third-order valence-corrected chi connectivity index (χ3v) is 3.97. The second-order valence-corrected chi connectivity index (χ2v) is 5.89. The lowest BCUT2D eigenvalue weighted by atomic mass is 9.98. The molecule has 1 aromatic rings. The van der Waals surface area contributed by atoms with Gasteiger partial charge in [0.2, 0.25) is 0 Å². The molecule has 0 saturated carbocycles. The molecule has 0 aliphatic rings. The molecule has 4 nitrogen and oxygen atoms in total. The Morgan fingerprint density at radius 3 is 2.65 bits per heavy atom. The van der Waals surface area contributed by atoms with E-state index < -0.39 is 5.60 Å². The van der Waals surface area contributed by atoms with Crippen LogP contribution in [-0.2, 0) is 4.79 Å². The fraction of sp³-hybridized carbons (Fsp3) is 0.500. The number of halogens is 2. The van der Waals surface area contributed by atoms with E-state index in [1.807, 2.05) is 13.8 Å². The molecule has 0 bridgehead atoms. The van der Waals surface area contributed by atoms with Crippen LogP contribution in [0.4, 0.5) is 0 Å². The number of hydrogen-bond donors (Lipinski definition) is 2. The Bertz CT molecular complexity index is 464. The van der Waals surface area contributed by atoms with Crippen molar-refractivity contribution in [3.63, 3.8) is 0 Å². The Morgan fingerprint density at radius 1 is 1.45 bits per heavy atom. The first kappa shape index (κ1) is 17.3. The van der Waals surface area contributed by atoms with Crippen LogP contribution in [0.15, 0.2) is 22.7 Å². The predicted octanol–water partition coefficient (Wildman–Crippen LogP) is 3.15. The van der Waals surface area contributed by atoms with Crippen LogP contribution in [0, 0.1) is 0 Å². The molecule has 112 valence electrons. The zero-order valence-corrected chi connectivity index (χ0v) is 13.9. The Kier molecular flexibility index (Phi) is 6.79. The topological polar surface area (TPSA) is 58.6 Å². The van der Waals surface area contributed by atoms with Crippen molar-refractivity contribution in [3.8, 4) is 5.75 Å². The number of carbonyl (C=O) groups is 1. The Morgan fingerprint density at radius 2 is 2.10 bits per heavy atom. The largest absolute Gasteiger partial charge is 0.482 e. The van der Waals surface area contributed by atoms with Gasteiger partial charge >= 0.3 is 0 Å². The second-order valence-electron chi connectivity index (χ2n) is 4.57. The summed E-state index contributed by atoms with van der Waals surface area (Å²) in [7, 11) is 0. The van der Waals surface area contributed by atoms with Crippen molar-refractivity contribution in [2.24, 2.45) is 0 Å². The van der Waals surface area contributed by atoms with Crippen LogP contribution in [0.25, 0.3) is 0 Å². The number of amides is 1. The Hall–Kier alpha value is -0.780. The summed E-state index contributed by atoms with van der Waals surface area (Å²) in [5.41, 5.74) is -0.856. The van der Waals surface area contributed by atoms with Gasteiger partial charge in [0.05, 0.1) is 10.6 Å². The molecule has 1 aromatic carbocycles. The zero-order valence-electron chi connectivity index (χ0n) is 11.6. The number of ether oxygens (including phenoxy) is 1. The molecule has 1 rings (SSSR count). The fourth-order valence-electron chi connectivity index (χ4n) is 1.55. The first-order valence-electron chi connectivity index (χ1n) is 6.47. The smallest absolute Gasteiger partial charge is 0.258 e. The minimum atomic E-state index is -0.856. The third kappa shape index (κ3) is 5.31. The van der Waals surface area contributed by atoms with E-state index in [2.05, 4.69) is 21.2 Å². The van der Waals surface area contributed by atoms with E-state index in [4.69, 9.17) is 16.3 Å². The molecule has 0 heterocycles. The molecule has 0 atom stereocenters. The first-order chi connectivity index (χ1) is 9.40. The van der Waals surface area contributed by atoms with Crippen LogP contribution in [0.2, 0.25) is 5.02 Å². The number of benzene rings is 1. The predicted molar refractivity (Wildman–Crippen MR) is 83.2 cm³/mol. The molecule has 0 radical (unpaired) electrons. The lowest BCUT2D eigenvalue weighted by molar-refractivity contribution is -0.124. The van der Waals surface area contributed by atoms with Gasteiger partial charge in [-0.2, -0.15) is 0 Å². The van der Waals surface area contributed by atoms with Crippen LogP contribution < -0.4 is 10.1 Å². The minimum Gasteiger partial charge on any atom is -0.482 e. The average molecular weight is 365 g/mol. The maximum absolute atomic E-state index is 11.7. The van der Waals surface area contributed by atoms with Gasteiger partial charge in [-0.3, -0.25) is 4.79 Å². The molecule has 2 N–H and O–H groups in total. The highest BCUT2D eigenvalue weighted by Crippen LogP contribution is 2.27. The molecule has 0 spiro atoms. The summed E-state index contributed by atoms with van der Waals surface area (Å²) >= 11 is 9.27. The molecular weight excluding hydrogens is 346 g/mol. The minimum absolute atomic E-state index is 0.134. The van der Waals surface area contributed by atoms with Crippen LogP contribution in [0.1, 0.15) is 26.7 Å². The van der Waals surface area contributed by atoms with Gasteiger partial charge < -0.3 is 15.2 Å². The van der Waals surface area contributed by atoms with Crippen molar-refractivity contribution in [3.05, 3.63) is 27.7 Å². The van der Waals surface area contributed by atoms with E-state index in [0.717, 1.165) is 4.47 Å². The zero-order chi connectivity index (χ0) is 15.2. The Balaban J connectivity index is 2.44. The maximum Gasteiger partial charge on any atom is 0.258 e. The van der Waals surface area contributed by atoms with Crippen molar-refractivity contribution in [1.82, 2.24) is 5.32 Å². The van der Waals surface area contributed by atoms with Crippen LogP contribution in [0.5, 0.6) is 5.75 Å². The summed E-state index contributed by atoms with van der Waals surface area (Å²) in [6, 6.07) is 5.17. The fourth-order valence-corrected chi connectivity index (χ4v) is 2.28. The van der Waals surface area contributed by atoms with Gasteiger partial charge in [0.25, 0.3) is 5.91 Å². The van der Waals surface area contributed by atoms with Crippen LogP contribution in [-0.4, -0.2) is 29.8 Å². The monoisotopic (exact) mass is 363 g/mol. The van der Waals surface area contributed by atoms with Crippen molar-refractivity contribution in [2.45, 2.75) is 32.3 Å². The first-order valence-corrected chi connectivity index (χ1v) is 7.64. The van der Waals surface area contributed by atoms with Gasteiger partial charge in [0, 0.05) is 11.0 Å². The SMILES string of the molecule is CCC(O)(CC)CNC(=O)COc1ccc(Br)cc1Cl. The molecular formula is C14H19BrClNO3. The highest BCUT2D eigenvalue weighted by atomic mass is 79.9. The van der Waals surface area contributed by atoms with E-state index in [0.29, 0.717) is 23.6 Å². The second kappa shape index (κ2) is 7.86. The van der Waals surface area contributed by atoms with Gasteiger partial charge in [0.15, 0.2) is 6.61 Å². The standard InChI is InChI=1S/C14H19BrClNO3/c1-3-14(19,4-2)9-17-13(18)8-20-12-6-5-10(15)7-11(12)16/h5-7,19H,3-4,8-9H2,1-2H3,(H,17,18). The van der Waals surface area contributed by atoms with Gasteiger partial charge in [-0.15, -0.1) is 0 Å². The normalized spacial score (nSPS) is 11.2. The van der Waals surface area contributed by atoms with Gasteiger partial charge in [-0.1, -0.05) is 41.4 Å². The number of aliphatic hydroxyl groups is 1. The van der Waals surface area contributed by atoms with Crippen LogP contribution in [0.3, 0.4) is 0 Å². The molecule has 0 aromatic heterocycles. The molecule has 20 heavy (non-hydrogen) atoms. The highest BCUT2D eigenvalue weighted by molar-refractivity contribution is 9.10. The van der Waals surface area contributed by atoms with Crippen molar-refractivity contribution in [1.29, 1.82) is 0 Å². The molecule has 0 saturated heterocycles. The Labute approximate surface area is 132 Å². The summed E-state index contributed by atoms with van der Waals surface area (Å²) in [4.78, 5) is 11.7.